The van der Waals surface area contributed by atoms with Gasteiger partial charge in [0, 0.05) is 26.3 Å². The lowest BCUT2D eigenvalue weighted by Gasteiger charge is -2.40. The Kier molecular flexibility index (Phi) is 5.31. The van der Waals surface area contributed by atoms with Gasteiger partial charge in [0.2, 0.25) is 5.91 Å². The van der Waals surface area contributed by atoms with Crippen molar-refractivity contribution in [2.45, 2.75) is 32.5 Å². The average molecular weight is 327 g/mol. The van der Waals surface area contributed by atoms with Crippen LogP contribution in [0.25, 0.3) is 0 Å². The van der Waals surface area contributed by atoms with Crippen LogP contribution in [0.5, 0.6) is 0 Å². The van der Waals surface area contributed by atoms with Crippen LogP contribution in [0.15, 0.2) is 18.2 Å². The minimum atomic E-state index is -4.63. The number of amides is 1. The van der Waals surface area contributed by atoms with Gasteiger partial charge in [-0.15, -0.1) is 0 Å². The van der Waals surface area contributed by atoms with E-state index in [0.29, 0.717) is 6.54 Å². The third-order valence-corrected chi connectivity index (χ3v) is 3.66. The molecule has 0 aliphatic heterocycles. The molecule has 0 atom stereocenters. The predicted octanol–water partition coefficient (Wildman–Crippen LogP) is 3.27. The molecule has 1 amide bonds. The second-order valence-electron chi connectivity index (χ2n) is 5.84. The molecule has 0 unspecified atom stereocenters. The van der Waals surface area contributed by atoms with Gasteiger partial charge in [-0.05, 0) is 39.0 Å². The fourth-order valence-electron chi connectivity index (χ4n) is 2.60. The van der Waals surface area contributed by atoms with Crippen molar-refractivity contribution in [3.8, 4) is 6.07 Å². The Labute approximate surface area is 134 Å². The monoisotopic (exact) mass is 327 g/mol. The van der Waals surface area contributed by atoms with Crippen LogP contribution in [0, 0.1) is 11.3 Å². The minimum absolute atomic E-state index is 0.225. The number of hydrogen-bond acceptors (Lipinski definition) is 3. The summed E-state index contributed by atoms with van der Waals surface area (Å²) in [4.78, 5) is 15.3. The molecule has 126 valence electrons. The van der Waals surface area contributed by atoms with E-state index in [9.17, 15) is 18.0 Å². The average Bonchev–Trinajstić information content (AvgIpc) is 2.45. The van der Waals surface area contributed by atoms with E-state index in [0.717, 1.165) is 12.1 Å². The lowest BCUT2D eigenvalue weighted by molar-refractivity contribution is -0.137. The maximum Gasteiger partial charge on any atom is 0.417 e. The maximum absolute atomic E-state index is 13.1. The first-order valence-electron chi connectivity index (χ1n) is 7.07. The first-order valence-corrected chi connectivity index (χ1v) is 7.07. The largest absolute Gasteiger partial charge is 0.417 e. The fourth-order valence-corrected chi connectivity index (χ4v) is 2.60. The van der Waals surface area contributed by atoms with Crippen molar-refractivity contribution < 1.29 is 18.0 Å². The SMILES string of the molecule is CCN(c1ccc(C#N)c(C(F)(F)F)c1)C(C)(C)C(=O)N(C)C. The number of carbonyl (C=O) groups excluding carboxylic acids is 1. The molecule has 1 aromatic carbocycles. The number of nitriles is 1. The first-order chi connectivity index (χ1) is 10.5. The Bertz CT molecular complexity index is 630. The molecule has 0 saturated carbocycles. The van der Waals surface area contributed by atoms with Crippen LogP contribution in [-0.2, 0) is 11.0 Å². The molecule has 0 fully saturated rings. The Hall–Kier alpha value is -2.23. The number of hydrogen-bond donors (Lipinski definition) is 0. The first kappa shape index (κ1) is 18.8. The van der Waals surface area contributed by atoms with Gasteiger partial charge in [-0.25, -0.2) is 0 Å². The van der Waals surface area contributed by atoms with Crippen molar-refractivity contribution in [2.24, 2.45) is 0 Å². The normalized spacial score (nSPS) is 11.8. The van der Waals surface area contributed by atoms with Gasteiger partial charge in [0.15, 0.2) is 0 Å². The van der Waals surface area contributed by atoms with Gasteiger partial charge >= 0.3 is 6.18 Å². The summed E-state index contributed by atoms with van der Waals surface area (Å²) in [6.07, 6.45) is -4.63. The summed E-state index contributed by atoms with van der Waals surface area (Å²) in [6, 6.07) is 5.04. The van der Waals surface area contributed by atoms with Crippen LogP contribution in [0.3, 0.4) is 0 Å². The highest BCUT2D eigenvalue weighted by molar-refractivity contribution is 5.89. The van der Waals surface area contributed by atoms with Crippen molar-refractivity contribution in [1.29, 1.82) is 5.26 Å². The van der Waals surface area contributed by atoms with Crippen LogP contribution >= 0.6 is 0 Å². The van der Waals surface area contributed by atoms with Crippen LogP contribution in [-0.4, -0.2) is 37.0 Å². The molecule has 0 aliphatic rings. The molecule has 0 saturated heterocycles. The topological polar surface area (TPSA) is 47.3 Å². The molecule has 0 bridgehead atoms. The Morgan fingerprint density at radius 2 is 1.83 bits per heavy atom. The third-order valence-electron chi connectivity index (χ3n) is 3.66. The lowest BCUT2D eigenvalue weighted by Crippen LogP contribution is -2.54. The van der Waals surface area contributed by atoms with Gasteiger partial charge in [-0.1, -0.05) is 0 Å². The van der Waals surface area contributed by atoms with Gasteiger partial charge in [0.25, 0.3) is 0 Å². The second kappa shape index (κ2) is 6.49. The van der Waals surface area contributed by atoms with Crippen LogP contribution < -0.4 is 4.90 Å². The highest BCUT2D eigenvalue weighted by Crippen LogP contribution is 2.36. The molecule has 0 heterocycles. The van der Waals surface area contributed by atoms with Crippen molar-refractivity contribution in [3.63, 3.8) is 0 Å². The third kappa shape index (κ3) is 3.76. The van der Waals surface area contributed by atoms with Gasteiger partial charge in [-0.2, -0.15) is 18.4 Å². The molecule has 23 heavy (non-hydrogen) atoms. The Morgan fingerprint density at radius 3 is 2.22 bits per heavy atom. The summed E-state index contributed by atoms with van der Waals surface area (Å²) in [5.41, 5.74) is -2.20. The van der Waals surface area contributed by atoms with Crippen molar-refractivity contribution in [3.05, 3.63) is 29.3 Å². The van der Waals surface area contributed by atoms with E-state index < -0.39 is 22.8 Å². The minimum Gasteiger partial charge on any atom is -0.358 e. The number of nitrogens with zero attached hydrogens (tertiary/aromatic N) is 3. The van der Waals surface area contributed by atoms with E-state index in [1.807, 2.05) is 0 Å². The molecular weight excluding hydrogens is 307 g/mol. The second-order valence-corrected chi connectivity index (χ2v) is 5.84. The number of anilines is 1. The van der Waals surface area contributed by atoms with Crippen molar-refractivity contribution in [2.75, 3.05) is 25.5 Å². The lowest BCUT2D eigenvalue weighted by atomic mass is 9.98. The summed E-state index contributed by atoms with van der Waals surface area (Å²) in [5, 5.41) is 8.86. The molecule has 1 rings (SSSR count). The van der Waals surface area contributed by atoms with Crippen LogP contribution in [0.1, 0.15) is 31.9 Å². The number of rotatable bonds is 4. The number of carbonyl (C=O) groups is 1. The van der Waals surface area contributed by atoms with Crippen LogP contribution in [0.4, 0.5) is 18.9 Å². The Balaban J connectivity index is 3.44. The molecule has 7 heteroatoms. The van der Waals surface area contributed by atoms with Gasteiger partial charge in [-0.3, -0.25) is 4.79 Å². The van der Waals surface area contributed by atoms with Crippen molar-refractivity contribution in [1.82, 2.24) is 4.90 Å². The van der Waals surface area contributed by atoms with E-state index >= 15 is 0 Å². The van der Waals surface area contributed by atoms with E-state index in [-0.39, 0.29) is 11.6 Å². The van der Waals surface area contributed by atoms with Gasteiger partial charge < -0.3 is 9.80 Å². The quantitative estimate of drug-likeness (QED) is 0.853. The molecule has 0 radical (unpaired) electrons. The summed E-state index contributed by atoms with van der Waals surface area (Å²) in [6.45, 7) is 5.42. The fraction of sp³-hybridized carbons (Fsp3) is 0.500. The molecule has 0 aromatic heterocycles. The smallest absolute Gasteiger partial charge is 0.358 e. The van der Waals surface area contributed by atoms with Gasteiger partial charge in [0.1, 0.15) is 5.54 Å². The number of halogens is 3. The van der Waals surface area contributed by atoms with Crippen LogP contribution in [0.2, 0.25) is 0 Å². The summed E-state index contributed by atoms with van der Waals surface area (Å²) in [7, 11) is 3.19. The summed E-state index contributed by atoms with van der Waals surface area (Å²) >= 11 is 0. The molecule has 0 spiro atoms. The molecule has 0 N–H and O–H groups in total. The predicted molar refractivity (Wildman–Crippen MR) is 82.0 cm³/mol. The molecule has 0 aliphatic carbocycles. The zero-order valence-electron chi connectivity index (χ0n) is 13.8. The number of benzene rings is 1. The highest BCUT2D eigenvalue weighted by atomic mass is 19.4. The van der Waals surface area contributed by atoms with E-state index in [1.165, 1.54) is 11.0 Å². The summed E-state index contributed by atoms with van der Waals surface area (Å²) < 4.78 is 39.4. The van der Waals surface area contributed by atoms with Gasteiger partial charge in [0.05, 0.1) is 17.2 Å². The van der Waals surface area contributed by atoms with E-state index in [4.69, 9.17) is 5.26 Å². The zero-order chi connectivity index (χ0) is 18.0. The zero-order valence-corrected chi connectivity index (χ0v) is 13.8. The summed E-state index contributed by atoms with van der Waals surface area (Å²) in [5.74, 6) is -0.225. The molecular formula is C16H20F3N3O. The highest BCUT2D eigenvalue weighted by Gasteiger charge is 2.38. The Morgan fingerprint density at radius 1 is 1.26 bits per heavy atom. The number of alkyl halides is 3. The van der Waals surface area contributed by atoms with E-state index in [1.54, 1.807) is 45.8 Å². The number of likely N-dealkylation sites (N-methyl/N-ethyl adjacent to an activating group) is 2. The molecule has 4 nitrogen and oxygen atoms in total. The maximum atomic E-state index is 13.1. The molecule has 1 aromatic rings. The van der Waals surface area contributed by atoms with E-state index in [2.05, 4.69) is 0 Å². The standard InChI is InChI=1S/C16H20F3N3O/c1-6-22(15(2,3)14(23)21(4)5)12-8-7-11(10-20)13(9-12)16(17,18)19/h7-9H,6H2,1-5H3. The van der Waals surface area contributed by atoms with Crippen molar-refractivity contribution >= 4 is 11.6 Å².